The van der Waals surface area contributed by atoms with Crippen molar-refractivity contribution in [2.45, 2.75) is 12.2 Å². The number of amides is 2. The highest BCUT2D eigenvalue weighted by Crippen LogP contribution is 2.20. The largest absolute Gasteiger partial charge is 0.366 e. The lowest BCUT2D eigenvalue weighted by atomic mass is 10.2. The highest BCUT2D eigenvalue weighted by Gasteiger charge is 2.09. The third-order valence-electron chi connectivity index (χ3n) is 2.97. The number of carbonyl (C=O) groups excluding carboxylic acids is 2. The van der Waals surface area contributed by atoms with E-state index in [-0.39, 0.29) is 16.5 Å². The summed E-state index contributed by atoms with van der Waals surface area (Å²) in [5.41, 5.74) is 6.90. The molecule has 1 aromatic carbocycles. The van der Waals surface area contributed by atoms with Gasteiger partial charge in [0.05, 0.1) is 16.3 Å². The van der Waals surface area contributed by atoms with Gasteiger partial charge in [-0.15, -0.1) is 0 Å². The molecular formula is C16H16ClN3O2S. The van der Waals surface area contributed by atoms with Crippen LogP contribution >= 0.6 is 23.4 Å². The van der Waals surface area contributed by atoms with Gasteiger partial charge in [0, 0.05) is 29.8 Å². The Morgan fingerprint density at radius 3 is 2.78 bits per heavy atom. The highest BCUT2D eigenvalue weighted by molar-refractivity contribution is 7.98. The van der Waals surface area contributed by atoms with Crippen LogP contribution in [0, 0.1) is 0 Å². The van der Waals surface area contributed by atoms with Crippen LogP contribution in [0.15, 0.2) is 42.6 Å². The monoisotopic (exact) mass is 349 g/mol. The lowest BCUT2D eigenvalue weighted by molar-refractivity contribution is -0.115. The van der Waals surface area contributed by atoms with Gasteiger partial charge in [0.2, 0.25) is 11.8 Å². The molecule has 3 N–H and O–H groups in total. The molecular weight excluding hydrogens is 334 g/mol. The van der Waals surface area contributed by atoms with Gasteiger partial charge in [-0.3, -0.25) is 14.6 Å². The van der Waals surface area contributed by atoms with E-state index in [1.165, 1.54) is 12.1 Å². The van der Waals surface area contributed by atoms with E-state index in [9.17, 15) is 9.59 Å². The number of anilines is 1. The zero-order valence-corrected chi connectivity index (χ0v) is 13.9. The molecule has 7 heteroatoms. The molecule has 0 saturated heterocycles. The molecule has 2 aromatic rings. The summed E-state index contributed by atoms with van der Waals surface area (Å²) in [5, 5.41) is 2.99. The Balaban J connectivity index is 1.79. The Labute approximate surface area is 143 Å². The van der Waals surface area contributed by atoms with Gasteiger partial charge in [-0.25, -0.2) is 0 Å². The van der Waals surface area contributed by atoms with Crippen molar-refractivity contribution in [2.75, 3.05) is 11.1 Å². The minimum absolute atomic E-state index is 0.128. The SMILES string of the molecule is NC(=O)c1cc(NC(=O)CCSCc2ccccn2)ccc1Cl. The number of rotatable bonds is 7. The first-order chi connectivity index (χ1) is 11.1. The van der Waals surface area contributed by atoms with Crippen molar-refractivity contribution in [3.63, 3.8) is 0 Å². The number of halogens is 1. The number of thioether (sulfide) groups is 1. The quantitative estimate of drug-likeness (QED) is 0.752. The Morgan fingerprint density at radius 1 is 1.26 bits per heavy atom. The zero-order chi connectivity index (χ0) is 16.7. The van der Waals surface area contributed by atoms with Crippen molar-refractivity contribution in [3.05, 3.63) is 58.9 Å². The molecule has 0 aliphatic heterocycles. The number of nitrogens with one attached hydrogen (secondary N) is 1. The van der Waals surface area contributed by atoms with E-state index in [4.69, 9.17) is 17.3 Å². The molecule has 1 aromatic heterocycles. The number of carbonyl (C=O) groups is 2. The minimum atomic E-state index is -0.628. The van der Waals surface area contributed by atoms with Crippen LogP contribution in [0.2, 0.25) is 5.02 Å². The second kappa shape index (κ2) is 8.55. The van der Waals surface area contributed by atoms with Crippen LogP contribution in [0.3, 0.4) is 0 Å². The minimum Gasteiger partial charge on any atom is -0.366 e. The van der Waals surface area contributed by atoms with Crippen LogP contribution in [0.4, 0.5) is 5.69 Å². The summed E-state index contributed by atoms with van der Waals surface area (Å²) < 4.78 is 0. The van der Waals surface area contributed by atoms with Crippen LogP contribution in [-0.2, 0) is 10.5 Å². The van der Waals surface area contributed by atoms with Gasteiger partial charge < -0.3 is 11.1 Å². The number of primary amides is 1. The number of nitrogens with two attached hydrogens (primary N) is 1. The fourth-order valence-corrected chi connectivity index (χ4v) is 2.91. The molecule has 1 heterocycles. The Morgan fingerprint density at radius 2 is 2.09 bits per heavy atom. The molecule has 0 atom stereocenters. The summed E-state index contributed by atoms with van der Waals surface area (Å²) >= 11 is 7.50. The van der Waals surface area contributed by atoms with E-state index in [0.717, 1.165) is 11.4 Å². The maximum Gasteiger partial charge on any atom is 0.250 e. The van der Waals surface area contributed by atoms with Crippen LogP contribution in [-0.4, -0.2) is 22.6 Å². The Kier molecular flexibility index (Phi) is 6.43. The smallest absolute Gasteiger partial charge is 0.250 e. The first-order valence-corrected chi connectivity index (χ1v) is 8.46. The molecule has 0 unspecified atom stereocenters. The van der Waals surface area contributed by atoms with E-state index >= 15 is 0 Å². The van der Waals surface area contributed by atoms with Crippen molar-refractivity contribution < 1.29 is 9.59 Å². The second-order valence-corrected chi connectivity index (χ2v) is 6.24. The van der Waals surface area contributed by atoms with Gasteiger partial charge >= 0.3 is 0 Å². The molecule has 0 bridgehead atoms. The van der Waals surface area contributed by atoms with Gasteiger partial charge in [0.25, 0.3) is 0 Å². The van der Waals surface area contributed by atoms with Crippen LogP contribution in [0.1, 0.15) is 22.5 Å². The Hall–Kier alpha value is -2.05. The third kappa shape index (κ3) is 5.58. The number of nitrogens with zero attached hydrogens (tertiary/aromatic N) is 1. The molecule has 23 heavy (non-hydrogen) atoms. The number of aromatic nitrogens is 1. The van der Waals surface area contributed by atoms with Crippen LogP contribution < -0.4 is 11.1 Å². The van der Waals surface area contributed by atoms with Crippen molar-refractivity contribution in [3.8, 4) is 0 Å². The topological polar surface area (TPSA) is 85.1 Å². The maximum absolute atomic E-state index is 11.9. The maximum atomic E-state index is 11.9. The molecule has 2 rings (SSSR count). The van der Waals surface area contributed by atoms with E-state index in [0.29, 0.717) is 17.9 Å². The van der Waals surface area contributed by atoms with E-state index < -0.39 is 5.91 Å². The summed E-state index contributed by atoms with van der Waals surface area (Å²) in [4.78, 5) is 27.3. The van der Waals surface area contributed by atoms with Gasteiger partial charge in [0.1, 0.15) is 0 Å². The standard InChI is InChI=1S/C16H16ClN3O2S/c17-14-5-4-11(9-13(14)16(18)22)20-15(21)6-8-23-10-12-3-1-2-7-19-12/h1-5,7,9H,6,8,10H2,(H2,18,22)(H,20,21). The number of hydrogen-bond acceptors (Lipinski definition) is 4. The number of hydrogen-bond donors (Lipinski definition) is 2. The van der Waals surface area contributed by atoms with E-state index in [1.807, 2.05) is 18.2 Å². The lowest BCUT2D eigenvalue weighted by Gasteiger charge is -2.07. The first-order valence-electron chi connectivity index (χ1n) is 6.93. The summed E-state index contributed by atoms with van der Waals surface area (Å²) in [7, 11) is 0. The molecule has 0 aliphatic rings. The molecule has 0 aliphatic carbocycles. The lowest BCUT2D eigenvalue weighted by Crippen LogP contribution is -2.15. The van der Waals surface area contributed by atoms with Crippen molar-refractivity contribution in [1.82, 2.24) is 4.98 Å². The number of benzene rings is 1. The predicted molar refractivity (Wildman–Crippen MR) is 93.6 cm³/mol. The first kappa shape index (κ1) is 17.3. The summed E-state index contributed by atoms with van der Waals surface area (Å²) in [6, 6.07) is 10.4. The van der Waals surface area contributed by atoms with Gasteiger partial charge in [0.15, 0.2) is 0 Å². The van der Waals surface area contributed by atoms with Crippen LogP contribution in [0.25, 0.3) is 0 Å². The average molecular weight is 350 g/mol. The molecule has 5 nitrogen and oxygen atoms in total. The fourth-order valence-electron chi connectivity index (χ4n) is 1.84. The van der Waals surface area contributed by atoms with Crippen molar-refractivity contribution in [2.24, 2.45) is 5.73 Å². The molecule has 0 saturated carbocycles. The summed E-state index contributed by atoms with van der Waals surface area (Å²) in [6.45, 7) is 0. The van der Waals surface area contributed by atoms with Crippen molar-refractivity contribution in [1.29, 1.82) is 0 Å². The predicted octanol–water partition coefficient (Wildman–Crippen LogP) is 3.10. The average Bonchev–Trinajstić information content (AvgIpc) is 2.54. The fraction of sp³-hybridized carbons (Fsp3) is 0.188. The van der Waals surface area contributed by atoms with Gasteiger partial charge in [-0.05, 0) is 30.3 Å². The normalized spacial score (nSPS) is 10.3. The molecule has 0 radical (unpaired) electrons. The van der Waals surface area contributed by atoms with Gasteiger partial charge in [-0.1, -0.05) is 17.7 Å². The van der Waals surface area contributed by atoms with E-state index in [1.54, 1.807) is 24.0 Å². The Bertz CT molecular complexity index is 695. The van der Waals surface area contributed by atoms with E-state index in [2.05, 4.69) is 10.3 Å². The molecule has 2 amide bonds. The molecule has 0 spiro atoms. The molecule has 0 fully saturated rings. The summed E-state index contributed by atoms with van der Waals surface area (Å²) in [5.74, 6) is 0.688. The second-order valence-electron chi connectivity index (χ2n) is 4.73. The summed E-state index contributed by atoms with van der Waals surface area (Å²) in [6.07, 6.45) is 2.12. The third-order valence-corrected chi connectivity index (χ3v) is 4.29. The molecule has 120 valence electrons. The van der Waals surface area contributed by atoms with Gasteiger partial charge in [-0.2, -0.15) is 11.8 Å². The van der Waals surface area contributed by atoms with Crippen molar-refractivity contribution >= 4 is 40.9 Å². The highest BCUT2D eigenvalue weighted by atomic mass is 35.5. The van der Waals surface area contributed by atoms with Crippen LogP contribution in [0.5, 0.6) is 0 Å². The number of pyridine rings is 1. The zero-order valence-electron chi connectivity index (χ0n) is 12.3.